The highest BCUT2D eigenvalue weighted by atomic mass is 16.6. The number of para-hydroxylation sites is 1. The van der Waals surface area contributed by atoms with Crippen molar-refractivity contribution in [3.05, 3.63) is 28.3 Å². The smallest absolute Gasteiger partial charge is 0.316 e. The van der Waals surface area contributed by atoms with Crippen LogP contribution in [-0.2, 0) is 0 Å². The molecule has 104 valence electrons. The molecule has 1 aliphatic heterocycles. The molecule has 6 nitrogen and oxygen atoms in total. The topological polar surface area (TPSA) is 70.4 Å². The Morgan fingerprint density at radius 1 is 1.26 bits per heavy atom. The van der Waals surface area contributed by atoms with Gasteiger partial charge in [0.05, 0.1) is 4.92 Å². The number of hydrogen-bond donors (Lipinski definition) is 2. The van der Waals surface area contributed by atoms with Crippen LogP contribution in [0, 0.1) is 10.1 Å². The lowest BCUT2D eigenvalue weighted by molar-refractivity contribution is -0.383. The molecule has 1 aromatic rings. The number of hydrazine groups is 1. The lowest BCUT2D eigenvalue weighted by Crippen LogP contribution is -2.35. The highest BCUT2D eigenvalue weighted by Gasteiger charge is 2.21. The van der Waals surface area contributed by atoms with E-state index in [0.29, 0.717) is 17.9 Å². The van der Waals surface area contributed by atoms with Crippen molar-refractivity contribution in [3.63, 3.8) is 0 Å². The Labute approximate surface area is 112 Å². The van der Waals surface area contributed by atoms with E-state index >= 15 is 0 Å². The van der Waals surface area contributed by atoms with Crippen LogP contribution in [-0.4, -0.2) is 29.6 Å². The lowest BCUT2D eigenvalue weighted by atomic mass is 10.1. The minimum absolute atomic E-state index is 0.120. The first-order chi connectivity index (χ1) is 9.22. The van der Waals surface area contributed by atoms with Crippen LogP contribution in [0.25, 0.3) is 0 Å². The molecule has 0 atom stereocenters. The average molecular weight is 264 g/mol. The molecule has 1 aliphatic rings. The zero-order valence-corrected chi connectivity index (χ0v) is 11.2. The summed E-state index contributed by atoms with van der Waals surface area (Å²) in [6, 6.07) is 5.33. The molecule has 0 aromatic heterocycles. The molecule has 0 amide bonds. The number of nitro groups is 1. The van der Waals surface area contributed by atoms with Crippen molar-refractivity contribution in [2.24, 2.45) is 0 Å². The molecule has 2 N–H and O–H groups in total. The quantitative estimate of drug-likeness (QED) is 0.632. The third-order valence-electron chi connectivity index (χ3n) is 3.22. The number of nitrogens with zero attached hydrogens (tertiary/aromatic N) is 2. The number of nitro benzene ring substituents is 1. The Kier molecular flexibility index (Phi) is 4.57. The summed E-state index contributed by atoms with van der Waals surface area (Å²) < 4.78 is 0. The van der Waals surface area contributed by atoms with Gasteiger partial charge in [0.1, 0.15) is 11.4 Å². The number of piperidine rings is 1. The van der Waals surface area contributed by atoms with E-state index in [-0.39, 0.29) is 10.6 Å². The van der Waals surface area contributed by atoms with Crippen molar-refractivity contribution < 1.29 is 4.92 Å². The number of nitrogens with one attached hydrogen (secondary N) is 2. The minimum atomic E-state index is -0.329. The van der Waals surface area contributed by atoms with E-state index in [1.165, 1.54) is 6.42 Å². The molecule has 1 fully saturated rings. The van der Waals surface area contributed by atoms with Crippen LogP contribution in [0.1, 0.15) is 26.2 Å². The van der Waals surface area contributed by atoms with Gasteiger partial charge >= 0.3 is 5.69 Å². The number of rotatable bonds is 5. The summed E-state index contributed by atoms with van der Waals surface area (Å²) in [5.41, 5.74) is 4.43. The third kappa shape index (κ3) is 3.35. The first-order valence-corrected chi connectivity index (χ1v) is 6.75. The van der Waals surface area contributed by atoms with Gasteiger partial charge in [0.25, 0.3) is 0 Å². The summed E-state index contributed by atoms with van der Waals surface area (Å²) in [4.78, 5) is 10.9. The second kappa shape index (κ2) is 6.38. The van der Waals surface area contributed by atoms with Crippen molar-refractivity contribution in [2.45, 2.75) is 26.2 Å². The molecule has 0 radical (unpaired) electrons. The van der Waals surface area contributed by atoms with E-state index in [1.807, 2.05) is 13.0 Å². The Morgan fingerprint density at radius 3 is 2.58 bits per heavy atom. The Balaban J connectivity index is 2.22. The van der Waals surface area contributed by atoms with E-state index in [2.05, 4.69) is 15.8 Å². The Hall–Kier alpha value is -1.82. The fraction of sp³-hybridized carbons (Fsp3) is 0.538. The first-order valence-electron chi connectivity index (χ1n) is 6.75. The van der Waals surface area contributed by atoms with Gasteiger partial charge in [0, 0.05) is 19.6 Å². The van der Waals surface area contributed by atoms with Crippen LogP contribution in [0.3, 0.4) is 0 Å². The van der Waals surface area contributed by atoms with Gasteiger partial charge < -0.3 is 10.7 Å². The minimum Gasteiger partial charge on any atom is -0.380 e. The van der Waals surface area contributed by atoms with Gasteiger partial charge in [-0.15, -0.1) is 0 Å². The summed E-state index contributed by atoms with van der Waals surface area (Å²) in [6.07, 6.45) is 3.50. The summed E-state index contributed by atoms with van der Waals surface area (Å²) in [7, 11) is 0. The molecule has 0 aliphatic carbocycles. The molecule has 1 heterocycles. The largest absolute Gasteiger partial charge is 0.380 e. The zero-order chi connectivity index (χ0) is 13.7. The second-order valence-corrected chi connectivity index (χ2v) is 4.65. The predicted molar refractivity (Wildman–Crippen MR) is 76.3 cm³/mol. The molecular formula is C13H20N4O2. The van der Waals surface area contributed by atoms with E-state index in [4.69, 9.17) is 0 Å². The van der Waals surface area contributed by atoms with Gasteiger partial charge in [0.15, 0.2) is 0 Å². The van der Waals surface area contributed by atoms with Crippen molar-refractivity contribution >= 4 is 17.1 Å². The molecule has 6 heteroatoms. The normalized spacial score (nSPS) is 16.1. The average Bonchev–Trinajstić information content (AvgIpc) is 2.40. The number of hydrogen-bond acceptors (Lipinski definition) is 5. The highest BCUT2D eigenvalue weighted by molar-refractivity contribution is 5.75. The molecule has 1 aromatic carbocycles. The standard InChI is InChI=1S/C13H20N4O2/c1-2-14-11-7-6-8-12(13(11)17(18)19)15-16-9-4-3-5-10-16/h6-8,14-15H,2-5,9-10H2,1H3. The maximum Gasteiger partial charge on any atom is 0.316 e. The van der Waals surface area contributed by atoms with Crippen molar-refractivity contribution in [1.29, 1.82) is 0 Å². The molecule has 0 saturated carbocycles. The van der Waals surface area contributed by atoms with Gasteiger partial charge in [-0.05, 0) is 31.9 Å². The van der Waals surface area contributed by atoms with Crippen molar-refractivity contribution in [2.75, 3.05) is 30.4 Å². The van der Waals surface area contributed by atoms with E-state index < -0.39 is 0 Å². The third-order valence-corrected chi connectivity index (χ3v) is 3.22. The summed E-state index contributed by atoms with van der Waals surface area (Å²) >= 11 is 0. The van der Waals surface area contributed by atoms with Crippen LogP contribution in [0.4, 0.5) is 17.1 Å². The van der Waals surface area contributed by atoms with E-state index in [9.17, 15) is 10.1 Å². The van der Waals surface area contributed by atoms with Gasteiger partial charge in [-0.25, -0.2) is 5.01 Å². The fourth-order valence-corrected chi connectivity index (χ4v) is 2.34. The van der Waals surface area contributed by atoms with Crippen LogP contribution in [0.2, 0.25) is 0 Å². The van der Waals surface area contributed by atoms with E-state index in [0.717, 1.165) is 25.9 Å². The van der Waals surface area contributed by atoms with Crippen molar-refractivity contribution in [3.8, 4) is 0 Å². The predicted octanol–water partition coefficient (Wildman–Crippen LogP) is 2.84. The first kappa shape index (κ1) is 13.6. The molecule has 0 bridgehead atoms. The van der Waals surface area contributed by atoms with E-state index in [1.54, 1.807) is 12.1 Å². The van der Waals surface area contributed by atoms with Gasteiger partial charge in [-0.1, -0.05) is 12.5 Å². The van der Waals surface area contributed by atoms with Crippen LogP contribution < -0.4 is 10.7 Å². The molecular weight excluding hydrogens is 244 g/mol. The lowest BCUT2D eigenvalue weighted by Gasteiger charge is -2.27. The zero-order valence-electron chi connectivity index (χ0n) is 11.2. The van der Waals surface area contributed by atoms with Gasteiger partial charge in [0.2, 0.25) is 0 Å². The maximum absolute atomic E-state index is 11.3. The number of benzene rings is 1. The molecule has 0 unspecified atom stereocenters. The highest BCUT2D eigenvalue weighted by Crippen LogP contribution is 2.33. The van der Waals surface area contributed by atoms with Crippen LogP contribution in [0.5, 0.6) is 0 Å². The SMILES string of the molecule is CCNc1cccc(NN2CCCCC2)c1[N+](=O)[O-]. The maximum atomic E-state index is 11.3. The van der Waals surface area contributed by atoms with Crippen LogP contribution in [0.15, 0.2) is 18.2 Å². The molecule has 19 heavy (non-hydrogen) atoms. The second-order valence-electron chi connectivity index (χ2n) is 4.65. The monoisotopic (exact) mass is 264 g/mol. The fourth-order valence-electron chi connectivity index (χ4n) is 2.34. The molecule has 1 saturated heterocycles. The molecule has 0 spiro atoms. The van der Waals surface area contributed by atoms with Crippen LogP contribution >= 0.6 is 0 Å². The Morgan fingerprint density at radius 2 is 1.95 bits per heavy atom. The summed E-state index contributed by atoms with van der Waals surface area (Å²) in [5, 5.41) is 16.4. The summed E-state index contributed by atoms with van der Waals surface area (Å²) in [6.45, 7) is 4.45. The van der Waals surface area contributed by atoms with Crippen molar-refractivity contribution in [1.82, 2.24) is 5.01 Å². The molecule has 2 rings (SSSR count). The summed E-state index contributed by atoms with van der Waals surface area (Å²) in [5.74, 6) is 0. The Bertz CT molecular complexity index is 444. The van der Waals surface area contributed by atoms with Gasteiger partial charge in [-0.2, -0.15) is 0 Å². The number of anilines is 2. The van der Waals surface area contributed by atoms with Gasteiger partial charge in [-0.3, -0.25) is 10.1 Å².